The van der Waals surface area contributed by atoms with E-state index < -0.39 is 0 Å². The van der Waals surface area contributed by atoms with Crippen LogP contribution in [0, 0.1) is 0 Å². The molecule has 0 spiro atoms. The molecule has 2 unspecified atom stereocenters. The Morgan fingerprint density at radius 2 is 2.11 bits per heavy atom. The lowest BCUT2D eigenvalue weighted by molar-refractivity contribution is -0.133. The second-order valence-corrected chi connectivity index (χ2v) is 7.52. The van der Waals surface area contributed by atoms with Crippen molar-refractivity contribution >= 4 is 17.5 Å². The third kappa shape index (κ3) is 3.74. The Hall–Kier alpha value is -2.28. The van der Waals surface area contributed by atoms with E-state index in [-0.39, 0.29) is 23.7 Å². The van der Waals surface area contributed by atoms with Gasteiger partial charge in [0, 0.05) is 23.2 Å². The zero-order chi connectivity index (χ0) is 19.0. The molecule has 1 fully saturated rings. The number of hydrazine groups is 1. The highest BCUT2D eigenvalue weighted by Gasteiger charge is 2.32. The summed E-state index contributed by atoms with van der Waals surface area (Å²) in [4.78, 5) is 14.7. The summed E-state index contributed by atoms with van der Waals surface area (Å²) in [5.74, 6) is 0.559. The first-order chi connectivity index (χ1) is 13.0. The van der Waals surface area contributed by atoms with Crippen LogP contribution in [0.3, 0.4) is 0 Å². The van der Waals surface area contributed by atoms with Crippen LogP contribution in [0.15, 0.2) is 36.4 Å². The van der Waals surface area contributed by atoms with Crippen LogP contribution in [0.5, 0.6) is 11.5 Å². The van der Waals surface area contributed by atoms with Crippen LogP contribution in [0.2, 0.25) is 5.02 Å². The summed E-state index contributed by atoms with van der Waals surface area (Å²) in [6.07, 6.45) is 0.747. The van der Waals surface area contributed by atoms with E-state index in [0.29, 0.717) is 30.5 Å². The number of hydrogen-bond acceptors (Lipinski definition) is 5. The standard InChI is InChI=1S/C20H22ClN3O3/c1-12-7-17(23-22-12)20(26)24-5-6-27-19-15(11-24)8-14(10-18(19)25)13-3-2-4-16(21)9-13/h2-4,8-10,12,17,22-23,25H,5-7,11H2,1H3. The summed E-state index contributed by atoms with van der Waals surface area (Å²) in [5, 5.41) is 11.1. The number of amides is 1. The fourth-order valence-corrected chi connectivity index (χ4v) is 3.81. The summed E-state index contributed by atoms with van der Waals surface area (Å²) in [6, 6.07) is 11.1. The van der Waals surface area contributed by atoms with Crippen LogP contribution in [-0.2, 0) is 11.3 Å². The highest BCUT2D eigenvalue weighted by molar-refractivity contribution is 6.30. The van der Waals surface area contributed by atoms with Gasteiger partial charge in [-0.1, -0.05) is 23.7 Å². The van der Waals surface area contributed by atoms with Gasteiger partial charge in [0.25, 0.3) is 0 Å². The smallest absolute Gasteiger partial charge is 0.241 e. The van der Waals surface area contributed by atoms with Gasteiger partial charge < -0.3 is 14.7 Å². The Kier molecular flexibility index (Phi) is 4.95. The number of benzene rings is 2. The van der Waals surface area contributed by atoms with Gasteiger partial charge in [0.05, 0.1) is 6.54 Å². The minimum Gasteiger partial charge on any atom is -0.504 e. The van der Waals surface area contributed by atoms with E-state index in [4.69, 9.17) is 16.3 Å². The Labute approximate surface area is 163 Å². The van der Waals surface area contributed by atoms with Gasteiger partial charge in [0.1, 0.15) is 12.6 Å². The van der Waals surface area contributed by atoms with Gasteiger partial charge in [0.2, 0.25) is 5.91 Å². The first-order valence-corrected chi connectivity index (χ1v) is 9.43. The van der Waals surface area contributed by atoms with Crippen molar-refractivity contribution in [2.24, 2.45) is 0 Å². The molecule has 0 aromatic heterocycles. The largest absolute Gasteiger partial charge is 0.504 e. The average molecular weight is 388 g/mol. The van der Waals surface area contributed by atoms with Crippen molar-refractivity contribution in [1.82, 2.24) is 15.8 Å². The van der Waals surface area contributed by atoms with Crippen molar-refractivity contribution in [3.63, 3.8) is 0 Å². The van der Waals surface area contributed by atoms with Crippen molar-refractivity contribution in [3.05, 3.63) is 47.0 Å². The van der Waals surface area contributed by atoms with Gasteiger partial charge in [-0.25, -0.2) is 5.43 Å². The van der Waals surface area contributed by atoms with E-state index in [9.17, 15) is 9.90 Å². The average Bonchev–Trinajstić information content (AvgIpc) is 2.96. The fourth-order valence-electron chi connectivity index (χ4n) is 3.62. The number of aromatic hydroxyl groups is 1. The van der Waals surface area contributed by atoms with E-state index >= 15 is 0 Å². The predicted octanol–water partition coefficient (Wildman–Crippen LogP) is 2.69. The second kappa shape index (κ2) is 7.38. The SMILES string of the molecule is CC1CC(C(=O)N2CCOc3c(O)cc(-c4cccc(Cl)c4)cc3C2)NN1. The van der Waals surface area contributed by atoms with Crippen LogP contribution in [-0.4, -0.2) is 41.1 Å². The minimum absolute atomic E-state index is 0.0379. The number of halogens is 1. The summed E-state index contributed by atoms with van der Waals surface area (Å²) >= 11 is 6.10. The molecule has 2 aliphatic heterocycles. The Morgan fingerprint density at radius 3 is 2.85 bits per heavy atom. The van der Waals surface area contributed by atoms with Gasteiger partial charge in [0.15, 0.2) is 11.5 Å². The molecule has 7 heteroatoms. The summed E-state index contributed by atoms with van der Waals surface area (Å²) in [5.41, 5.74) is 8.67. The molecule has 2 aliphatic rings. The molecule has 1 saturated heterocycles. The lowest BCUT2D eigenvalue weighted by Gasteiger charge is -2.23. The van der Waals surface area contributed by atoms with Gasteiger partial charge in [-0.15, -0.1) is 0 Å². The molecule has 4 rings (SSSR count). The Morgan fingerprint density at radius 1 is 1.26 bits per heavy atom. The zero-order valence-electron chi connectivity index (χ0n) is 15.0. The maximum atomic E-state index is 12.9. The second-order valence-electron chi connectivity index (χ2n) is 7.08. The van der Waals surface area contributed by atoms with E-state index in [1.54, 1.807) is 11.0 Å². The van der Waals surface area contributed by atoms with Crippen molar-refractivity contribution < 1.29 is 14.6 Å². The lowest BCUT2D eigenvalue weighted by Crippen LogP contribution is -2.46. The van der Waals surface area contributed by atoms with E-state index in [1.165, 1.54) is 0 Å². The minimum atomic E-state index is -0.244. The summed E-state index contributed by atoms with van der Waals surface area (Å²) in [6.45, 7) is 3.25. The van der Waals surface area contributed by atoms with E-state index in [2.05, 4.69) is 10.9 Å². The first kappa shape index (κ1) is 18.1. The number of rotatable bonds is 2. The van der Waals surface area contributed by atoms with Gasteiger partial charge in [-0.2, -0.15) is 0 Å². The van der Waals surface area contributed by atoms with Gasteiger partial charge in [-0.3, -0.25) is 10.2 Å². The molecule has 0 aliphatic carbocycles. The molecule has 3 N–H and O–H groups in total. The molecule has 0 saturated carbocycles. The van der Waals surface area contributed by atoms with E-state index in [0.717, 1.165) is 23.1 Å². The maximum absolute atomic E-state index is 12.9. The number of phenolic OH excluding ortho intramolecular Hbond substituents is 1. The third-order valence-corrected chi connectivity index (χ3v) is 5.21. The molecule has 6 nitrogen and oxygen atoms in total. The number of phenols is 1. The number of carbonyl (C=O) groups is 1. The van der Waals surface area contributed by atoms with E-state index in [1.807, 2.05) is 37.3 Å². The molecular formula is C20H22ClN3O3. The van der Waals surface area contributed by atoms with Crippen LogP contribution in [0.25, 0.3) is 11.1 Å². The van der Waals surface area contributed by atoms with Crippen LogP contribution in [0.4, 0.5) is 0 Å². The molecule has 1 amide bonds. The number of nitrogens with zero attached hydrogens (tertiary/aromatic N) is 1. The highest BCUT2D eigenvalue weighted by Crippen LogP contribution is 2.38. The summed E-state index contributed by atoms with van der Waals surface area (Å²) in [7, 11) is 0. The Balaban J connectivity index is 1.64. The van der Waals surface area contributed by atoms with Crippen molar-refractivity contribution in [3.8, 4) is 22.6 Å². The number of carbonyl (C=O) groups excluding carboxylic acids is 1. The number of fused-ring (bicyclic) bond motifs is 1. The molecule has 2 aromatic rings. The number of nitrogens with one attached hydrogen (secondary N) is 2. The molecule has 0 radical (unpaired) electrons. The van der Waals surface area contributed by atoms with Gasteiger partial charge >= 0.3 is 0 Å². The molecule has 142 valence electrons. The molecule has 0 bridgehead atoms. The maximum Gasteiger partial charge on any atom is 0.241 e. The normalized spacial score (nSPS) is 22.1. The van der Waals surface area contributed by atoms with Crippen molar-refractivity contribution in [1.29, 1.82) is 0 Å². The quantitative estimate of drug-likeness (QED) is 0.738. The molecule has 2 heterocycles. The molecule has 2 atom stereocenters. The van der Waals surface area contributed by atoms with Crippen LogP contribution >= 0.6 is 11.6 Å². The lowest BCUT2D eigenvalue weighted by atomic mass is 10.0. The highest BCUT2D eigenvalue weighted by atomic mass is 35.5. The summed E-state index contributed by atoms with van der Waals surface area (Å²) < 4.78 is 5.75. The van der Waals surface area contributed by atoms with Crippen LogP contribution in [0.1, 0.15) is 18.9 Å². The fraction of sp³-hybridized carbons (Fsp3) is 0.350. The molecule has 27 heavy (non-hydrogen) atoms. The molecule has 2 aromatic carbocycles. The monoisotopic (exact) mass is 387 g/mol. The number of hydrogen-bond donors (Lipinski definition) is 3. The van der Waals surface area contributed by atoms with Crippen LogP contribution < -0.4 is 15.6 Å². The first-order valence-electron chi connectivity index (χ1n) is 9.06. The predicted molar refractivity (Wildman–Crippen MR) is 104 cm³/mol. The number of ether oxygens (including phenoxy) is 1. The Bertz CT molecular complexity index is 874. The third-order valence-electron chi connectivity index (χ3n) is 4.98. The van der Waals surface area contributed by atoms with Gasteiger partial charge in [-0.05, 0) is 48.7 Å². The zero-order valence-corrected chi connectivity index (χ0v) is 15.8. The topological polar surface area (TPSA) is 73.8 Å². The van der Waals surface area contributed by atoms with Crippen molar-refractivity contribution in [2.75, 3.05) is 13.2 Å². The molecular weight excluding hydrogens is 366 g/mol. The van der Waals surface area contributed by atoms with Crippen molar-refractivity contribution in [2.45, 2.75) is 32.0 Å².